The third-order valence-electron chi connectivity index (χ3n) is 1.49. The van der Waals surface area contributed by atoms with Crippen LogP contribution in [0.15, 0.2) is 16.5 Å². The predicted octanol–water partition coefficient (Wildman–Crippen LogP) is 0.962. The summed E-state index contributed by atoms with van der Waals surface area (Å²) in [6.45, 7) is -1.47. The maximum absolute atomic E-state index is 11.7. The van der Waals surface area contributed by atoms with E-state index in [1.807, 2.05) is 0 Å². The van der Waals surface area contributed by atoms with Crippen molar-refractivity contribution in [3.63, 3.8) is 0 Å². The number of rotatable bonds is 4. The zero-order chi connectivity index (χ0) is 12.2. The minimum absolute atomic E-state index is 0.0939. The first kappa shape index (κ1) is 12.5. The zero-order valence-electron chi connectivity index (χ0n) is 8.00. The first-order valence-electron chi connectivity index (χ1n) is 4.20. The highest BCUT2D eigenvalue weighted by Crippen LogP contribution is 2.14. The molecule has 0 aliphatic carbocycles. The van der Waals surface area contributed by atoms with E-state index in [0.717, 1.165) is 0 Å². The molecule has 0 unspecified atom stereocenters. The average molecular weight is 238 g/mol. The second-order valence-corrected chi connectivity index (χ2v) is 2.81. The first-order valence-corrected chi connectivity index (χ1v) is 4.20. The maximum atomic E-state index is 11.7. The van der Waals surface area contributed by atoms with E-state index in [1.54, 1.807) is 5.48 Å². The Kier molecular flexibility index (Phi) is 3.91. The van der Waals surface area contributed by atoms with Crippen LogP contribution in [0.2, 0.25) is 0 Å². The van der Waals surface area contributed by atoms with Crippen molar-refractivity contribution in [3.05, 3.63) is 23.7 Å². The lowest BCUT2D eigenvalue weighted by atomic mass is 10.4. The second kappa shape index (κ2) is 4.99. The largest absolute Gasteiger partial charge is 0.454 e. The Balaban J connectivity index is 2.41. The van der Waals surface area contributed by atoms with E-state index in [1.165, 1.54) is 12.1 Å². The molecule has 5 nitrogen and oxygen atoms in total. The van der Waals surface area contributed by atoms with E-state index in [0.29, 0.717) is 5.76 Å². The summed E-state index contributed by atoms with van der Waals surface area (Å²) in [6.07, 6.45) is -4.50. The summed E-state index contributed by atoms with van der Waals surface area (Å²) in [5.41, 5.74) is 6.81. The summed E-state index contributed by atoms with van der Waals surface area (Å²) in [5.74, 6) is -0.715. The molecule has 16 heavy (non-hydrogen) atoms. The van der Waals surface area contributed by atoms with Gasteiger partial charge in [-0.2, -0.15) is 13.2 Å². The van der Waals surface area contributed by atoms with Gasteiger partial charge in [-0.05, 0) is 12.1 Å². The number of carbonyl (C=O) groups is 1. The standard InChI is InChI=1S/C8H9F3N2O3/c9-8(10,11)4-15-13-7(14)6-2-1-5(3-12)16-6/h1-2H,3-4,12H2,(H,13,14). The average Bonchev–Trinajstić information content (AvgIpc) is 2.63. The summed E-state index contributed by atoms with van der Waals surface area (Å²) >= 11 is 0. The predicted molar refractivity (Wildman–Crippen MR) is 46.1 cm³/mol. The van der Waals surface area contributed by atoms with Gasteiger partial charge in [0.1, 0.15) is 5.76 Å². The number of hydroxylamine groups is 1. The molecule has 0 atom stereocenters. The third-order valence-corrected chi connectivity index (χ3v) is 1.49. The molecule has 0 bridgehead atoms. The monoisotopic (exact) mass is 238 g/mol. The van der Waals surface area contributed by atoms with E-state index in [2.05, 4.69) is 4.84 Å². The van der Waals surface area contributed by atoms with Crippen LogP contribution in [0.4, 0.5) is 13.2 Å². The first-order chi connectivity index (χ1) is 7.42. The zero-order valence-corrected chi connectivity index (χ0v) is 8.00. The van der Waals surface area contributed by atoms with Crippen LogP contribution in [0.25, 0.3) is 0 Å². The normalized spacial score (nSPS) is 11.5. The van der Waals surface area contributed by atoms with Gasteiger partial charge in [0.05, 0.1) is 6.54 Å². The molecule has 0 saturated heterocycles. The third kappa shape index (κ3) is 3.91. The number of nitrogens with two attached hydrogens (primary N) is 1. The molecule has 3 N–H and O–H groups in total. The Morgan fingerprint density at radius 1 is 1.50 bits per heavy atom. The summed E-state index contributed by atoms with van der Waals surface area (Å²) < 4.78 is 39.8. The van der Waals surface area contributed by atoms with Gasteiger partial charge in [-0.1, -0.05) is 0 Å². The Morgan fingerprint density at radius 3 is 2.69 bits per heavy atom. The highest BCUT2D eigenvalue weighted by Gasteiger charge is 2.28. The van der Waals surface area contributed by atoms with Gasteiger partial charge >= 0.3 is 12.1 Å². The van der Waals surface area contributed by atoms with Gasteiger partial charge in [-0.25, -0.2) is 5.48 Å². The van der Waals surface area contributed by atoms with E-state index >= 15 is 0 Å². The molecule has 1 aromatic heterocycles. The second-order valence-electron chi connectivity index (χ2n) is 2.81. The number of alkyl halides is 3. The van der Waals surface area contributed by atoms with Crippen molar-refractivity contribution < 1.29 is 27.2 Å². The quantitative estimate of drug-likeness (QED) is 0.766. The van der Waals surface area contributed by atoms with Crippen molar-refractivity contribution >= 4 is 5.91 Å². The van der Waals surface area contributed by atoms with Crippen LogP contribution in [0.1, 0.15) is 16.3 Å². The minimum Gasteiger partial charge on any atom is -0.454 e. The van der Waals surface area contributed by atoms with Crippen LogP contribution in [0.5, 0.6) is 0 Å². The van der Waals surface area contributed by atoms with Crippen molar-refractivity contribution in [2.45, 2.75) is 12.7 Å². The van der Waals surface area contributed by atoms with Crippen molar-refractivity contribution in [2.75, 3.05) is 6.61 Å². The molecular formula is C8H9F3N2O3. The number of halogens is 3. The van der Waals surface area contributed by atoms with Crippen LogP contribution < -0.4 is 11.2 Å². The molecule has 8 heteroatoms. The lowest BCUT2D eigenvalue weighted by Gasteiger charge is -2.06. The summed E-state index contributed by atoms with van der Waals surface area (Å²) in [5, 5.41) is 0. The topological polar surface area (TPSA) is 77.5 Å². The Morgan fingerprint density at radius 2 is 2.19 bits per heavy atom. The Bertz CT molecular complexity index is 362. The van der Waals surface area contributed by atoms with Crippen molar-refractivity contribution in [1.29, 1.82) is 0 Å². The number of hydrogen-bond donors (Lipinski definition) is 2. The van der Waals surface area contributed by atoms with E-state index < -0.39 is 18.7 Å². The van der Waals surface area contributed by atoms with Gasteiger partial charge in [0.2, 0.25) is 0 Å². The number of carbonyl (C=O) groups excluding carboxylic acids is 1. The van der Waals surface area contributed by atoms with Crippen LogP contribution in [-0.2, 0) is 11.4 Å². The highest BCUT2D eigenvalue weighted by molar-refractivity contribution is 5.90. The summed E-state index contributed by atoms with van der Waals surface area (Å²) in [6, 6.07) is 2.73. The van der Waals surface area contributed by atoms with E-state index in [-0.39, 0.29) is 12.3 Å². The fourth-order valence-corrected chi connectivity index (χ4v) is 0.843. The molecule has 1 rings (SSSR count). The molecule has 0 aliphatic rings. The molecular weight excluding hydrogens is 229 g/mol. The SMILES string of the molecule is NCc1ccc(C(=O)NOCC(F)(F)F)o1. The van der Waals surface area contributed by atoms with Crippen LogP contribution in [0, 0.1) is 0 Å². The lowest BCUT2D eigenvalue weighted by molar-refractivity contribution is -0.184. The fourth-order valence-electron chi connectivity index (χ4n) is 0.843. The molecule has 0 radical (unpaired) electrons. The van der Waals surface area contributed by atoms with Crippen LogP contribution in [0.3, 0.4) is 0 Å². The Hall–Kier alpha value is -1.54. The van der Waals surface area contributed by atoms with Crippen LogP contribution >= 0.6 is 0 Å². The molecule has 90 valence electrons. The molecule has 1 amide bonds. The minimum atomic E-state index is -4.50. The smallest absolute Gasteiger partial charge is 0.414 e. The summed E-state index contributed by atoms with van der Waals surface area (Å²) in [4.78, 5) is 15.1. The van der Waals surface area contributed by atoms with Crippen molar-refractivity contribution in [1.82, 2.24) is 5.48 Å². The molecule has 0 fully saturated rings. The van der Waals surface area contributed by atoms with Gasteiger partial charge in [0.15, 0.2) is 12.4 Å². The van der Waals surface area contributed by atoms with E-state index in [9.17, 15) is 18.0 Å². The molecule has 0 aliphatic heterocycles. The van der Waals surface area contributed by atoms with E-state index in [4.69, 9.17) is 10.2 Å². The molecule has 0 spiro atoms. The highest BCUT2D eigenvalue weighted by atomic mass is 19.4. The molecule has 1 aromatic rings. The van der Waals surface area contributed by atoms with Gasteiger partial charge in [0, 0.05) is 0 Å². The number of hydrogen-bond acceptors (Lipinski definition) is 4. The Labute approximate surface area is 88.3 Å². The fraction of sp³-hybridized carbons (Fsp3) is 0.375. The number of furan rings is 1. The maximum Gasteiger partial charge on any atom is 0.414 e. The van der Waals surface area contributed by atoms with Gasteiger partial charge < -0.3 is 10.2 Å². The van der Waals surface area contributed by atoms with Gasteiger partial charge in [-0.3, -0.25) is 9.63 Å². The molecule has 1 heterocycles. The number of nitrogens with one attached hydrogen (secondary N) is 1. The van der Waals surface area contributed by atoms with Crippen LogP contribution in [-0.4, -0.2) is 18.7 Å². The van der Waals surface area contributed by atoms with Gasteiger partial charge in [-0.15, -0.1) is 0 Å². The van der Waals surface area contributed by atoms with Gasteiger partial charge in [0.25, 0.3) is 0 Å². The molecule has 0 saturated carbocycles. The molecule has 0 aromatic carbocycles. The lowest BCUT2D eigenvalue weighted by Crippen LogP contribution is -2.29. The summed E-state index contributed by atoms with van der Waals surface area (Å²) in [7, 11) is 0. The van der Waals surface area contributed by atoms with Crippen molar-refractivity contribution in [3.8, 4) is 0 Å². The van der Waals surface area contributed by atoms with Crippen molar-refractivity contribution in [2.24, 2.45) is 5.73 Å². The number of amides is 1.